The molecule has 0 aliphatic carbocycles. The van der Waals surface area contributed by atoms with Gasteiger partial charge in [0.05, 0.1) is 0 Å². The van der Waals surface area contributed by atoms with E-state index in [4.69, 9.17) is 23.7 Å². The Kier molecular flexibility index (Phi) is 4.38. The number of benzene rings is 2. The molecule has 3 aliphatic heterocycles. The van der Waals surface area contributed by atoms with E-state index < -0.39 is 6.10 Å². The van der Waals surface area contributed by atoms with Crippen molar-refractivity contribution in [1.82, 2.24) is 4.90 Å². The second-order valence-corrected chi connectivity index (χ2v) is 7.05. The van der Waals surface area contributed by atoms with E-state index in [0.717, 1.165) is 11.1 Å². The van der Waals surface area contributed by atoms with Crippen LogP contribution in [0.2, 0.25) is 0 Å². The number of esters is 1. The first-order chi connectivity index (χ1) is 14.2. The Morgan fingerprint density at radius 3 is 2.66 bits per heavy atom. The molecule has 8 nitrogen and oxygen atoms in total. The van der Waals surface area contributed by atoms with E-state index in [-0.39, 0.29) is 31.9 Å². The van der Waals surface area contributed by atoms with Gasteiger partial charge in [-0.15, -0.1) is 0 Å². The van der Waals surface area contributed by atoms with Crippen LogP contribution in [0.5, 0.6) is 23.0 Å². The van der Waals surface area contributed by atoms with Gasteiger partial charge in [-0.3, -0.25) is 9.59 Å². The minimum atomic E-state index is -0.759. The van der Waals surface area contributed by atoms with Crippen molar-refractivity contribution in [1.29, 1.82) is 0 Å². The fourth-order valence-electron chi connectivity index (χ4n) is 3.70. The number of cyclic esters (lactones) is 1. The summed E-state index contributed by atoms with van der Waals surface area (Å²) in [5.41, 5.74) is 1.72. The van der Waals surface area contributed by atoms with Crippen molar-refractivity contribution in [3.63, 3.8) is 0 Å². The highest BCUT2D eigenvalue weighted by molar-refractivity contribution is 5.86. The molecular formula is C21H19NO7. The van der Waals surface area contributed by atoms with E-state index in [1.165, 1.54) is 0 Å². The van der Waals surface area contributed by atoms with Gasteiger partial charge in [0.25, 0.3) is 5.91 Å². The van der Waals surface area contributed by atoms with Crippen LogP contribution in [0.15, 0.2) is 36.4 Å². The van der Waals surface area contributed by atoms with Crippen LogP contribution in [0.1, 0.15) is 24.0 Å². The Bertz CT molecular complexity index is 973. The number of amides is 1. The van der Waals surface area contributed by atoms with Crippen molar-refractivity contribution in [2.75, 3.05) is 13.6 Å². The Labute approximate surface area is 166 Å². The van der Waals surface area contributed by atoms with E-state index in [2.05, 4.69) is 0 Å². The van der Waals surface area contributed by atoms with Crippen LogP contribution in [0.25, 0.3) is 0 Å². The van der Waals surface area contributed by atoms with Gasteiger partial charge in [0, 0.05) is 31.5 Å². The van der Waals surface area contributed by atoms with Gasteiger partial charge in [0.2, 0.25) is 13.6 Å². The lowest BCUT2D eigenvalue weighted by Crippen LogP contribution is -2.38. The van der Waals surface area contributed by atoms with Crippen molar-refractivity contribution >= 4 is 11.9 Å². The Morgan fingerprint density at radius 2 is 1.79 bits per heavy atom. The predicted molar refractivity (Wildman–Crippen MR) is 98.5 cm³/mol. The molecule has 0 saturated carbocycles. The summed E-state index contributed by atoms with van der Waals surface area (Å²) < 4.78 is 27.0. The van der Waals surface area contributed by atoms with Crippen molar-refractivity contribution in [2.45, 2.75) is 32.0 Å². The first-order valence-corrected chi connectivity index (χ1v) is 9.41. The van der Waals surface area contributed by atoms with Crippen LogP contribution >= 0.6 is 0 Å². The molecule has 1 saturated heterocycles. The topological polar surface area (TPSA) is 83.5 Å². The standard InChI is InChI=1S/C21H19NO7/c23-19-7-6-17(29-19)21(24)22(9-13-4-5-15-18(8-13)27-11-25-15)10-14-2-1-3-16-20(14)28-12-26-16/h1-5,8,17H,6-7,9-12H2. The molecule has 3 aliphatic rings. The minimum Gasteiger partial charge on any atom is -0.454 e. The molecular weight excluding hydrogens is 378 g/mol. The third kappa shape index (κ3) is 3.41. The number of rotatable bonds is 5. The molecule has 0 radical (unpaired) electrons. The molecule has 0 aromatic heterocycles. The summed E-state index contributed by atoms with van der Waals surface area (Å²) in [4.78, 5) is 26.3. The maximum atomic E-state index is 13.2. The molecule has 5 rings (SSSR count). The number of ether oxygens (including phenoxy) is 5. The number of fused-ring (bicyclic) bond motifs is 2. The van der Waals surface area contributed by atoms with Gasteiger partial charge in [-0.25, -0.2) is 0 Å². The molecule has 0 spiro atoms. The van der Waals surface area contributed by atoms with Gasteiger partial charge < -0.3 is 28.6 Å². The lowest BCUT2D eigenvalue weighted by molar-refractivity contribution is -0.153. The Morgan fingerprint density at radius 1 is 0.966 bits per heavy atom. The lowest BCUT2D eigenvalue weighted by atomic mass is 10.1. The number of hydrogen-bond donors (Lipinski definition) is 0. The van der Waals surface area contributed by atoms with Crippen LogP contribution in [-0.2, 0) is 27.4 Å². The highest BCUT2D eigenvalue weighted by Gasteiger charge is 2.34. The number of hydrogen-bond acceptors (Lipinski definition) is 7. The predicted octanol–water partition coefficient (Wildman–Crippen LogP) is 2.38. The Balaban J connectivity index is 1.42. The molecule has 1 fully saturated rings. The monoisotopic (exact) mass is 397 g/mol. The molecule has 150 valence electrons. The number of nitrogens with zero attached hydrogens (tertiary/aromatic N) is 1. The average molecular weight is 397 g/mol. The maximum absolute atomic E-state index is 13.2. The summed E-state index contributed by atoms with van der Waals surface area (Å²) in [6, 6.07) is 11.2. The summed E-state index contributed by atoms with van der Waals surface area (Å²) in [7, 11) is 0. The first kappa shape index (κ1) is 17.7. The van der Waals surface area contributed by atoms with Gasteiger partial charge >= 0.3 is 5.97 Å². The summed E-state index contributed by atoms with van der Waals surface area (Å²) in [5, 5.41) is 0. The van der Waals surface area contributed by atoms with Crippen LogP contribution in [-0.4, -0.2) is 36.5 Å². The normalized spacial score (nSPS) is 18.6. The van der Waals surface area contributed by atoms with Crippen LogP contribution in [0.4, 0.5) is 0 Å². The van der Waals surface area contributed by atoms with Crippen molar-refractivity contribution < 1.29 is 33.3 Å². The summed E-state index contributed by atoms with van der Waals surface area (Å²) in [5.74, 6) is 2.06. The molecule has 3 heterocycles. The molecule has 29 heavy (non-hydrogen) atoms. The SMILES string of the molecule is O=C1CCC(C(=O)N(Cc2ccc3c(c2)OCO3)Cc2cccc3c2OCO3)O1. The van der Waals surface area contributed by atoms with Crippen molar-refractivity contribution in [3.05, 3.63) is 47.5 Å². The fraction of sp³-hybridized carbons (Fsp3) is 0.333. The zero-order chi connectivity index (χ0) is 19.8. The largest absolute Gasteiger partial charge is 0.454 e. The quantitative estimate of drug-likeness (QED) is 0.717. The van der Waals surface area contributed by atoms with E-state index in [1.807, 2.05) is 36.4 Å². The zero-order valence-corrected chi connectivity index (χ0v) is 15.6. The first-order valence-electron chi connectivity index (χ1n) is 9.41. The third-order valence-corrected chi connectivity index (χ3v) is 5.12. The van der Waals surface area contributed by atoms with Crippen LogP contribution in [0.3, 0.4) is 0 Å². The highest BCUT2D eigenvalue weighted by Crippen LogP contribution is 2.37. The third-order valence-electron chi connectivity index (χ3n) is 5.12. The van der Waals surface area contributed by atoms with Gasteiger partial charge in [0.15, 0.2) is 29.1 Å². The number of carbonyl (C=O) groups is 2. The van der Waals surface area contributed by atoms with Gasteiger partial charge in [-0.2, -0.15) is 0 Å². The zero-order valence-electron chi connectivity index (χ0n) is 15.6. The molecule has 0 N–H and O–H groups in total. The second kappa shape index (κ2) is 7.20. The fourth-order valence-corrected chi connectivity index (χ4v) is 3.70. The molecule has 2 aromatic rings. The summed E-state index contributed by atoms with van der Waals surface area (Å²) >= 11 is 0. The average Bonchev–Trinajstić information content (AvgIpc) is 3.47. The van der Waals surface area contributed by atoms with Crippen LogP contribution in [0, 0.1) is 0 Å². The molecule has 1 unspecified atom stereocenters. The lowest BCUT2D eigenvalue weighted by Gasteiger charge is -2.26. The minimum absolute atomic E-state index is 0.155. The van der Waals surface area contributed by atoms with E-state index >= 15 is 0 Å². The second-order valence-electron chi connectivity index (χ2n) is 7.05. The maximum Gasteiger partial charge on any atom is 0.306 e. The number of para-hydroxylation sites is 1. The van der Waals surface area contributed by atoms with Gasteiger partial charge in [-0.05, 0) is 23.8 Å². The summed E-state index contributed by atoms with van der Waals surface area (Å²) in [6.07, 6.45) is -0.112. The van der Waals surface area contributed by atoms with Crippen molar-refractivity contribution in [2.24, 2.45) is 0 Å². The van der Waals surface area contributed by atoms with Crippen molar-refractivity contribution in [3.8, 4) is 23.0 Å². The van der Waals surface area contributed by atoms with E-state index in [9.17, 15) is 9.59 Å². The molecule has 0 bridgehead atoms. The molecule has 8 heteroatoms. The summed E-state index contributed by atoms with van der Waals surface area (Å²) in [6.45, 7) is 0.970. The van der Waals surface area contributed by atoms with E-state index in [0.29, 0.717) is 42.5 Å². The van der Waals surface area contributed by atoms with E-state index in [1.54, 1.807) is 4.90 Å². The highest BCUT2D eigenvalue weighted by atomic mass is 16.7. The molecule has 1 atom stereocenters. The van der Waals surface area contributed by atoms with Gasteiger partial charge in [-0.1, -0.05) is 18.2 Å². The van der Waals surface area contributed by atoms with Crippen LogP contribution < -0.4 is 18.9 Å². The Hall–Kier alpha value is -3.42. The smallest absolute Gasteiger partial charge is 0.306 e. The molecule has 1 amide bonds. The molecule has 2 aromatic carbocycles. The number of carbonyl (C=O) groups excluding carboxylic acids is 2. The van der Waals surface area contributed by atoms with Gasteiger partial charge in [0.1, 0.15) is 0 Å².